The number of aromatic nitrogens is 6. The molecule has 112 valence electrons. The highest BCUT2D eigenvalue weighted by Crippen LogP contribution is 2.33. The van der Waals surface area contributed by atoms with Crippen molar-refractivity contribution in [2.75, 3.05) is 11.9 Å². The molecule has 1 fully saturated rings. The fraction of sp³-hybridized carbons (Fsp3) is 0.615. The molecule has 7 nitrogen and oxygen atoms in total. The molecule has 0 amide bonds. The zero-order chi connectivity index (χ0) is 14.5. The minimum atomic E-state index is 0.432. The molecule has 1 saturated carbocycles. The van der Waals surface area contributed by atoms with Crippen LogP contribution in [0.5, 0.6) is 0 Å². The quantitative estimate of drug-likeness (QED) is 0.821. The number of hydrogen-bond donors (Lipinski definition) is 1. The van der Waals surface area contributed by atoms with E-state index < -0.39 is 0 Å². The van der Waals surface area contributed by atoms with Crippen LogP contribution in [0, 0.1) is 0 Å². The van der Waals surface area contributed by atoms with Crippen molar-refractivity contribution >= 4 is 17.6 Å². The van der Waals surface area contributed by atoms with E-state index in [2.05, 4.69) is 37.7 Å². The zero-order valence-corrected chi connectivity index (χ0v) is 12.9. The summed E-state index contributed by atoms with van der Waals surface area (Å²) in [6.45, 7) is 3.03. The van der Waals surface area contributed by atoms with Crippen LogP contribution in [0.2, 0.25) is 0 Å². The molecule has 2 aromatic rings. The summed E-state index contributed by atoms with van der Waals surface area (Å²) in [5.41, 5.74) is 0. The van der Waals surface area contributed by atoms with Gasteiger partial charge in [0.25, 0.3) is 0 Å². The van der Waals surface area contributed by atoms with Gasteiger partial charge < -0.3 is 5.32 Å². The van der Waals surface area contributed by atoms with Crippen molar-refractivity contribution in [3.63, 3.8) is 0 Å². The predicted molar refractivity (Wildman–Crippen MR) is 80.3 cm³/mol. The third-order valence-corrected chi connectivity index (χ3v) is 4.41. The van der Waals surface area contributed by atoms with Crippen LogP contribution in [0.25, 0.3) is 0 Å². The molecule has 2 aromatic heterocycles. The van der Waals surface area contributed by atoms with Crippen LogP contribution in [0.15, 0.2) is 22.6 Å². The molecular weight excluding hydrogens is 286 g/mol. The molecule has 1 N–H and O–H groups in total. The summed E-state index contributed by atoms with van der Waals surface area (Å²) in [6.07, 6.45) is 7.47. The molecule has 1 aliphatic carbocycles. The Labute approximate surface area is 127 Å². The SMILES string of the molecule is CCCNc1cc(Sc2nnnn2C2CCCC2)ncn1. The van der Waals surface area contributed by atoms with Gasteiger partial charge in [-0.3, -0.25) is 0 Å². The Morgan fingerprint density at radius 2 is 2.19 bits per heavy atom. The summed E-state index contributed by atoms with van der Waals surface area (Å²) in [4.78, 5) is 8.51. The van der Waals surface area contributed by atoms with E-state index in [9.17, 15) is 0 Å². The average molecular weight is 305 g/mol. The molecule has 0 atom stereocenters. The molecule has 0 aromatic carbocycles. The standard InChI is InChI=1S/C13H19N7S/c1-2-7-14-11-8-12(16-9-15-11)21-13-17-18-19-20(13)10-5-3-4-6-10/h8-10H,2-7H2,1H3,(H,14,15,16). The molecule has 2 heterocycles. The van der Waals surface area contributed by atoms with Gasteiger partial charge in [0.05, 0.1) is 6.04 Å². The van der Waals surface area contributed by atoms with Crippen LogP contribution in [-0.4, -0.2) is 36.7 Å². The van der Waals surface area contributed by atoms with Gasteiger partial charge in [0.2, 0.25) is 5.16 Å². The van der Waals surface area contributed by atoms with Crippen LogP contribution >= 0.6 is 11.8 Å². The van der Waals surface area contributed by atoms with Crippen molar-refractivity contribution in [1.82, 2.24) is 30.2 Å². The van der Waals surface area contributed by atoms with E-state index in [1.807, 2.05) is 10.7 Å². The fourth-order valence-electron chi connectivity index (χ4n) is 2.47. The molecular formula is C13H19N7S. The second kappa shape index (κ2) is 6.84. The van der Waals surface area contributed by atoms with Crippen molar-refractivity contribution in [3.05, 3.63) is 12.4 Å². The Morgan fingerprint density at radius 3 is 3.00 bits per heavy atom. The summed E-state index contributed by atoms with van der Waals surface area (Å²) < 4.78 is 1.94. The van der Waals surface area contributed by atoms with Gasteiger partial charge in [0.15, 0.2) is 0 Å². The number of anilines is 1. The summed E-state index contributed by atoms with van der Waals surface area (Å²) in [6, 6.07) is 2.37. The normalized spacial score (nSPS) is 15.5. The Morgan fingerprint density at radius 1 is 1.33 bits per heavy atom. The summed E-state index contributed by atoms with van der Waals surface area (Å²) in [5, 5.41) is 17.0. The molecule has 8 heteroatoms. The highest BCUT2D eigenvalue weighted by molar-refractivity contribution is 7.99. The Hall–Kier alpha value is -1.70. The van der Waals surface area contributed by atoms with Crippen molar-refractivity contribution < 1.29 is 0 Å². The first kappa shape index (κ1) is 14.2. The van der Waals surface area contributed by atoms with Crippen LogP contribution in [0.3, 0.4) is 0 Å². The lowest BCUT2D eigenvalue weighted by atomic mass is 10.3. The Bertz CT molecular complexity index is 579. The highest BCUT2D eigenvalue weighted by atomic mass is 32.2. The smallest absolute Gasteiger partial charge is 0.215 e. The predicted octanol–water partition coefficient (Wildman–Crippen LogP) is 2.55. The van der Waals surface area contributed by atoms with E-state index >= 15 is 0 Å². The second-order valence-corrected chi connectivity index (χ2v) is 6.10. The number of tetrazole rings is 1. The van der Waals surface area contributed by atoms with Crippen molar-refractivity contribution in [1.29, 1.82) is 0 Å². The van der Waals surface area contributed by atoms with Crippen LogP contribution in [-0.2, 0) is 0 Å². The van der Waals surface area contributed by atoms with E-state index in [0.717, 1.165) is 41.8 Å². The average Bonchev–Trinajstić information content (AvgIpc) is 3.16. The Kier molecular flexibility index (Phi) is 4.64. The first-order valence-electron chi connectivity index (χ1n) is 7.38. The number of nitrogens with one attached hydrogen (secondary N) is 1. The summed E-state index contributed by atoms with van der Waals surface area (Å²) in [7, 11) is 0. The van der Waals surface area contributed by atoms with Crippen molar-refractivity contribution in [3.8, 4) is 0 Å². The van der Waals surface area contributed by atoms with E-state index in [0.29, 0.717) is 6.04 Å². The molecule has 0 aliphatic heterocycles. The number of hydrogen-bond acceptors (Lipinski definition) is 7. The van der Waals surface area contributed by atoms with Crippen molar-refractivity contribution in [2.45, 2.75) is 55.3 Å². The lowest BCUT2D eigenvalue weighted by Gasteiger charge is -2.10. The van der Waals surface area contributed by atoms with Gasteiger partial charge in [-0.05, 0) is 41.5 Å². The highest BCUT2D eigenvalue weighted by Gasteiger charge is 2.22. The van der Waals surface area contributed by atoms with E-state index in [4.69, 9.17) is 0 Å². The van der Waals surface area contributed by atoms with E-state index in [1.54, 1.807) is 6.33 Å². The minimum absolute atomic E-state index is 0.432. The second-order valence-electron chi connectivity index (χ2n) is 5.11. The molecule has 0 unspecified atom stereocenters. The van der Waals surface area contributed by atoms with Gasteiger partial charge in [-0.25, -0.2) is 14.6 Å². The maximum absolute atomic E-state index is 4.29. The molecule has 0 bridgehead atoms. The van der Waals surface area contributed by atoms with Gasteiger partial charge in [0.1, 0.15) is 17.2 Å². The third kappa shape index (κ3) is 3.49. The first-order chi connectivity index (χ1) is 10.4. The summed E-state index contributed by atoms with van der Waals surface area (Å²) >= 11 is 1.49. The van der Waals surface area contributed by atoms with Gasteiger partial charge in [-0.15, -0.1) is 5.10 Å². The van der Waals surface area contributed by atoms with E-state index in [-0.39, 0.29) is 0 Å². The molecule has 21 heavy (non-hydrogen) atoms. The van der Waals surface area contributed by atoms with Crippen LogP contribution < -0.4 is 5.32 Å². The van der Waals surface area contributed by atoms with E-state index in [1.165, 1.54) is 24.6 Å². The topological polar surface area (TPSA) is 81.4 Å². The molecule has 1 aliphatic rings. The van der Waals surface area contributed by atoms with Crippen LogP contribution in [0.4, 0.5) is 5.82 Å². The lowest BCUT2D eigenvalue weighted by Crippen LogP contribution is -2.08. The first-order valence-corrected chi connectivity index (χ1v) is 8.20. The maximum Gasteiger partial charge on any atom is 0.215 e. The number of rotatable bonds is 6. The fourth-order valence-corrected chi connectivity index (χ4v) is 3.28. The van der Waals surface area contributed by atoms with Gasteiger partial charge in [-0.1, -0.05) is 19.8 Å². The van der Waals surface area contributed by atoms with Gasteiger partial charge in [0, 0.05) is 12.6 Å². The minimum Gasteiger partial charge on any atom is -0.370 e. The number of nitrogens with zero attached hydrogens (tertiary/aromatic N) is 6. The molecule has 3 rings (SSSR count). The van der Waals surface area contributed by atoms with Gasteiger partial charge >= 0.3 is 0 Å². The maximum atomic E-state index is 4.29. The largest absolute Gasteiger partial charge is 0.370 e. The molecule has 0 radical (unpaired) electrons. The van der Waals surface area contributed by atoms with Crippen LogP contribution in [0.1, 0.15) is 45.1 Å². The monoisotopic (exact) mass is 305 g/mol. The third-order valence-electron chi connectivity index (χ3n) is 3.53. The van der Waals surface area contributed by atoms with Gasteiger partial charge in [-0.2, -0.15) is 0 Å². The van der Waals surface area contributed by atoms with Crippen molar-refractivity contribution in [2.24, 2.45) is 0 Å². The lowest BCUT2D eigenvalue weighted by molar-refractivity contribution is 0.423. The molecule has 0 spiro atoms. The zero-order valence-electron chi connectivity index (χ0n) is 12.1. The summed E-state index contributed by atoms with van der Waals surface area (Å²) in [5.74, 6) is 0.842. The Balaban J connectivity index is 1.73. The molecule has 0 saturated heterocycles.